The third kappa shape index (κ3) is 8.22. The predicted octanol–water partition coefficient (Wildman–Crippen LogP) is 4.02. The van der Waals surface area contributed by atoms with Crippen LogP contribution in [-0.2, 0) is 23.5 Å². The highest BCUT2D eigenvalue weighted by atomic mass is 32.2. The lowest BCUT2D eigenvalue weighted by Crippen LogP contribution is -2.42. The summed E-state index contributed by atoms with van der Waals surface area (Å²) in [4.78, 5) is 13.6. The fraction of sp³-hybridized carbons (Fsp3) is 0.444. The molecule has 200 valence electrons. The summed E-state index contributed by atoms with van der Waals surface area (Å²) < 4.78 is 27.5. The molecule has 0 saturated carbocycles. The minimum absolute atomic E-state index is 0.275. The first kappa shape index (κ1) is 28.5. The van der Waals surface area contributed by atoms with Crippen LogP contribution in [0, 0.1) is 0 Å². The molecule has 3 aromatic rings. The molecule has 2 aromatic carbocycles. The summed E-state index contributed by atoms with van der Waals surface area (Å²) in [5.41, 5.74) is 3.01. The lowest BCUT2D eigenvalue weighted by molar-refractivity contribution is 0.0697. The number of nitrogens with zero attached hydrogens (tertiary/aromatic N) is 3. The number of rotatable bonds is 13. The van der Waals surface area contributed by atoms with Crippen LogP contribution in [0.5, 0.6) is 0 Å². The first-order chi connectivity index (χ1) is 17.4. The second kappa shape index (κ2) is 12.5. The molecule has 0 aliphatic heterocycles. The highest BCUT2D eigenvalue weighted by Gasteiger charge is 2.21. The van der Waals surface area contributed by atoms with E-state index in [1.54, 1.807) is 36.4 Å². The third-order valence-corrected chi connectivity index (χ3v) is 6.80. The third-order valence-electron chi connectivity index (χ3n) is 6.44. The van der Waals surface area contributed by atoms with Crippen molar-refractivity contribution in [3.8, 4) is 0 Å². The molecule has 0 radical (unpaired) electrons. The van der Waals surface area contributed by atoms with Crippen molar-refractivity contribution >= 4 is 33.1 Å². The lowest BCUT2D eigenvalue weighted by Gasteiger charge is -2.29. The normalized spacial score (nSPS) is 12.7. The van der Waals surface area contributed by atoms with E-state index in [4.69, 9.17) is 0 Å². The molecule has 9 nitrogen and oxygen atoms in total. The van der Waals surface area contributed by atoms with Crippen molar-refractivity contribution in [2.45, 2.75) is 51.3 Å². The lowest BCUT2D eigenvalue weighted by atomic mass is 9.99. The van der Waals surface area contributed by atoms with Gasteiger partial charge in [0.1, 0.15) is 0 Å². The van der Waals surface area contributed by atoms with Gasteiger partial charge in [-0.05, 0) is 95.7 Å². The summed E-state index contributed by atoms with van der Waals surface area (Å²) in [5.74, 6) is -0.937. The van der Waals surface area contributed by atoms with Crippen molar-refractivity contribution in [3.63, 3.8) is 0 Å². The van der Waals surface area contributed by atoms with Crippen molar-refractivity contribution in [3.05, 3.63) is 65.4 Å². The molecule has 37 heavy (non-hydrogen) atoms. The molecule has 1 unspecified atom stereocenters. The number of hydrogen-bond donors (Lipinski definition) is 3. The summed E-state index contributed by atoms with van der Waals surface area (Å²) in [6, 6.07) is 13.9. The molecule has 0 amide bonds. The van der Waals surface area contributed by atoms with Gasteiger partial charge in [-0.1, -0.05) is 12.1 Å². The van der Waals surface area contributed by atoms with E-state index in [9.17, 15) is 23.4 Å². The van der Waals surface area contributed by atoms with Crippen LogP contribution in [0.1, 0.15) is 54.4 Å². The van der Waals surface area contributed by atoms with Gasteiger partial charge in [0.25, 0.3) is 0 Å². The SMILES string of the molecule is CN(C)CCCc1cc2cc(C(=O)O)ccc2n1CCC(C)(C)NCC(O)c1cccc(N=S(=O)=O)c1. The van der Waals surface area contributed by atoms with Crippen LogP contribution in [0.25, 0.3) is 10.9 Å². The second-order valence-corrected chi connectivity index (χ2v) is 10.8. The number of nitrogens with one attached hydrogen (secondary N) is 1. The summed E-state index contributed by atoms with van der Waals surface area (Å²) in [6.07, 6.45) is 1.83. The zero-order valence-electron chi connectivity index (χ0n) is 21.8. The molecule has 10 heteroatoms. The van der Waals surface area contributed by atoms with Crippen molar-refractivity contribution in [2.24, 2.45) is 4.36 Å². The monoisotopic (exact) mass is 528 g/mol. The van der Waals surface area contributed by atoms with Gasteiger partial charge in [0.2, 0.25) is 0 Å². The highest BCUT2D eigenvalue weighted by Crippen LogP contribution is 2.25. The molecule has 1 atom stereocenters. The molecule has 3 N–H and O–H groups in total. The number of benzene rings is 2. The Morgan fingerprint density at radius 3 is 2.59 bits per heavy atom. The number of aromatic carboxylic acids is 1. The van der Waals surface area contributed by atoms with E-state index >= 15 is 0 Å². The molecular formula is C27H36N4O5S. The number of aromatic nitrogens is 1. The van der Waals surface area contributed by atoms with Gasteiger partial charge < -0.3 is 25.0 Å². The van der Waals surface area contributed by atoms with E-state index in [-0.39, 0.29) is 16.8 Å². The van der Waals surface area contributed by atoms with E-state index < -0.39 is 22.6 Å². The van der Waals surface area contributed by atoms with Crippen LogP contribution >= 0.6 is 0 Å². The average molecular weight is 529 g/mol. The number of fused-ring (bicyclic) bond motifs is 1. The van der Waals surface area contributed by atoms with Crippen LogP contribution in [0.15, 0.2) is 52.9 Å². The molecule has 0 spiro atoms. The van der Waals surface area contributed by atoms with Crippen molar-refractivity contribution in [1.82, 2.24) is 14.8 Å². The van der Waals surface area contributed by atoms with E-state index in [1.165, 1.54) is 5.69 Å². The highest BCUT2D eigenvalue weighted by molar-refractivity contribution is 7.61. The Morgan fingerprint density at radius 1 is 1.16 bits per heavy atom. The number of aliphatic hydroxyl groups is 1. The van der Waals surface area contributed by atoms with E-state index in [2.05, 4.69) is 39.1 Å². The maximum atomic E-state index is 11.5. The molecule has 0 bridgehead atoms. The first-order valence-electron chi connectivity index (χ1n) is 12.3. The molecule has 0 fully saturated rings. The fourth-order valence-corrected chi connectivity index (χ4v) is 4.64. The minimum atomic E-state index is -2.55. The molecule has 1 aromatic heterocycles. The molecule has 1 heterocycles. The van der Waals surface area contributed by atoms with E-state index in [1.807, 2.05) is 20.2 Å². The van der Waals surface area contributed by atoms with Gasteiger partial charge in [-0.15, -0.1) is 4.36 Å². The molecule has 0 aliphatic carbocycles. The Balaban J connectivity index is 1.72. The number of carboxylic acid groups (broad SMARTS) is 1. The summed E-state index contributed by atoms with van der Waals surface area (Å²) in [6.45, 7) is 6.14. The Labute approximate surface area is 219 Å². The quantitative estimate of drug-likeness (QED) is 0.306. The van der Waals surface area contributed by atoms with E-state index in [0.717, 1.165) is 43.3 Å². The molecule has 3 rings (SSSR count). The summed E-state index contributed by atoms with van der Waals surface area (Å²) >= 11 is 0. The van der Waals surface area contributed by atoms with Crippen molar-refractivity contribution in [2.75, 3.05) is 27.2 Å². The van der Waals surface area contributed by atoms with Crippen LogP contribution in [0.2, 0.25) is 0 Å². The topological polar surface area (TPSA) is 124 Å². The number of hydrogen-bond acceptors (Lipinski definition) is 7. The maximum Gasteiger partial charge on any atom is 0.335 e. The zero-order chi connectivity index (χ0) is 27.2. The van der Waals surface area contributed by atoms with Gasteiger partial charge in [0.15, 0.2) is 0 Å². The minimum Gasteiger partial charge on any atom is -0.478 e. The Bertz CT molecular complexity index is 1370. The van der Waals surface area contributed by atoms with Crippen LogP contribution in [-0.4, -0.2) is 66.8 Å². The van der Waals surface area contributed by atoms with Gasteiger partial charge in [-0.25, -0.2) is 4.79 Å². The standard InChI is InChI=1S/C27H36N4O5S/c1-27(2,28-18-25(32)19-7-5-8-22(16-19)29-37(35)36)12-14-31-23(9-6-13-30(3)4)17-21-15-20(26(33)34)10-11-24(21)31/h5,7-8,10-11,15-17,25,28,32H,6,9,12-14,18H2,1-4H3,(H,33,34). The van der Waals surface area contributed by atoms with Crippen LogP contribution in [0.4, 0.5) is 5.69 Å². The van der Waals surface area contributed by atoms with Crippen LogP contribution in [0.3, 0.4) is 0 Å². The number of carbonyl (C=O) groups is 1. The van der Waals surface area contributed by atoms with Gasteiger partial charge in [0, 0.05) is 35.2 Å². The zero-order valence-corrected chi connectivity index (χ0v) is 22.6. The van der Waals surface area contributed by atoms with Crippen molar-refractivity contribution < 1.29 is 23.4 Å². The Hall–Kier alpha value is -3.05. The first-order valence-corrected chi connectivity index (χ1v) is 13.3. The molecule has 0 aliphatic rings. The molecular weight excluding hydrogens is 492 g/mol. The summed E-state index contributed by atoms with van der Waals surface area (Å²) in [7, 11) is 1.55. The fourth-order valence-electron chi connectivity index (χ4n) is 4.35. The largest absolute Gasteiger partial charge is 0.478 e. The van der Waals surface area contributed by atoms with Gasteiger partial charge in [-0.2, -0.15) is 8.42 Å². The summed E-state index contributed by atoms with van der Waals surface area (Å²) in [5, 5.41) is 24.4. The average Bonchev–Trinajstić information content (AvgIpc) is 3.17. The van der Waals surface area contributed by atoms with Gasteiger partial charge in [-0.3, -0.25) is 0 Å². The Kier molecular flexibility index (Phi) is 9.61. The second-order valence-electron chi connectivity index (χ2n) is 10.2. The van der Waals surface area contributed by atoms with Gasteiger partial charge >= 0.3 is 16.5 Å². The molecule has 0 saturated heterocycles. The van der Waals surface area contributed by atoms with Crippen LogP contribution < -0.4 is 5.32 Å². The van der Waals surface area contributed by atoms with Crippen molar-refractivity contribution in [1.29, 1.82) is 0 Å². The van der Waals surface area contributed by atoms with Gasteiger partial charge in [0.05, 0.1) is 17.4 Å². The number of carboxylic acids is 1. The number of β-amino-alcohol motifs (C(OH)–C–C–N with tert-alkyl or cyclic N) is 1. The predicted molar refractivity (Wildman–Crippen MR) is 145 cm³/mol. The Morgan fingerprint density at radius 2 is 1.92 bits per heavy atom. The smallest absolute Gasteiger partial charge is 0.335 e. The maximum absolute atomic E-state index is 11.5. The number of aliphatic hydroxyl groups excluding tert-OH is 1. The number of aryl methyl sites for hydroxylation is 2. The van der Waals surface area contributed by atoms with E-state index in [0.29, 0.717) is 12.1 Å².